The van der Waals surface area contributed by atoms with Crippen LogP contribution in [-0.4, -0.2) is 38.2 Å². The van der Waals surface area contributed by atoms with Crippen LogP contribution in [0, 0.1) is 11.8 Å². The van der Waals surface area contributed by atoms with Gasteiger partial charge in [-0.25, -0.2) is 13.1 Å². The smallest absolute Gasteiger partial charge is 0.240 e. The zero-order valence-corrected chi connectivity index (χ0v) is 13.2. The molecule has 0 bridgehead atoms. The molecule has 0 aliphatic heterocycles. The van der Waals surface area contributed by atoms with Crippen molar-refractivity contribution in [3.05, 3.63) is 29.8 Å². The highest BCUT2D eigenvalue weighted by Crippen LogP contribution is 2.12. The molecular weight excluding hydrogens is 294 g/mol. The van der Waals surface area contributed by atoms with Crippen LogP contribution < -0.4 is 4.72 Å². The first-order valence-corrected chi connectivity index (χ1v) is 9.12. The Hall–Kier alpha value is -1.00. The highest BCUT2D eigenvalue weighted by molar-refractivity contribution is 7.98. The number of sulfonamides is 1. The van der Waals surface area contributed by atoms with Gasteiger partial charge in [0.2, 0.25) is 10.0 Å². The second-order valence-corrected chi connectivity index (χ2v) is 6.79. The van der Waals surface area contributed by atoms with Crippen LogP contribution in [0.5, 0.6) is 0 Å². The zero-order valence-electron chi connectivity index (χ0n) is 11.6. The third-order valence-electron chi connectivity index (χ3n) is 2.66. The van der Waals surface area contributed by atoms with E-state index in [2.05, 4.69) is 16.6 Å². The predicted molar refractivity (Wildman–Crippen MR) is 83.2 cm³/mol. The minimum absolute atomic E-state index is 0.0659. The zero-order chi connectivity index (χ0) is 15.0. The molecule has 1 unspecified atom stereocenters. The van der Waals surface area contributed by atoms with Gasteiger partial charge in [0.25, 0.3) is 0 Å². The van der Waals surface area contributed by atoms with Gasteiger partial charge in [-0.15, -0.1) is 0 Å². The second kappa shape index (κ2) is 8.32. The summed E-state index contributed by atoms with van der Waals surface area (Å²) in [5.41, 5.74) is 0.675. The summed E-state index contributed by atoms with van der Waals surface area (Å²) in [5, 5.41) is 8.61. The van der Waals surface area contributed by atoms with E-state index in [1.807, 2.05) is 13.2 Å². The summed E-state index contributed by atoms with van der Waals surface area (Å²) in [7, 11) is -3.49. The molecule has 4 nitrogen and oxygen atoms in total. The molecule has 1 aromatic rings. The van der Waals surface area contributed by atoms with E-state index in [1.165, 1.54) is 12.1 Å². The molecule has 6 heteroatoms. The fraction of sp³-hybridized carbons (Fsp3) is 0.429. The highest BCUT2D eigenvalue weighted by Gasteiger charge is 2.18. The minimum Gasteiger partial charge on any atom is -0.384 e. The van der Waals surface area contributed by atoms with Crippen LogP contribution in [0.15, 0.2) is 29.2 Å². The van der Waals surface area contributed by atoms with Crippen LogP contribution in [0.1, 0.15) is 18.9 Å². The van der Waals surface area contributed by atoms with Crippen molar-refractivity contribution in [1.29, 1.82) is 0 Å². The Kier molecular flexibility index (Phi) is 7.10. The SMILES string of the molecule is CCC(CSC)NS(=O)(=O)c1ccc(C#CCO)cc1. The van der Waals surface area contributed by atoms with Crippen LogP contribution in [0.3, 0.4) is 0 Å². The maximum Gasteiger partial charge on any atom is 0.240 e. The molecule has 0 saturated heterocycles. The molecule has 1 rings (SSSR count). The Morgan fingerprint density at radius 3 is 2.50 bits per heavy atom. The second-order valence-electron chi connectivity index (χ2n) is 4.17. The summed E-state index contributed by atoms with van der Waals surface area (Å²) >= 11 is 1.61. The van der Waals surface area contributed by atoms with Crippen molar-refractivity contribution in [1.82, 2.24) is 4.72 Å². The van der Waals surface area contributed by atoms with Crippen molar-refractivity contribution in [3.8, 4) is 11.8 Å². The monoisotopic (exact) mass is 313 g/mol. The van der Waals surface area contributed by atoms with Crippen LogP contribution in [0.4, 0.5) is 0 Å². The van der Waals surface area contributed by atoms with E-state index in [1.54, 1.807) is 23.9 Å². The molecule has 0 fully saturated rings. The molecule has 0 amide bonds. The average Bonchev–Trinajstić information content (AvgIpc) is 2.45. The standard InChI is InChI=1S/C14H19NO3S2/c1-3-13(11-19-2)15-20(17,18)14-8-6-12(7-9-14)5-4-10-16/h6-9,13,15-16H,3,10-11H2,1-2H3. The van der Waals surface area contributed by atoms with Crippen LogP contribution in [0.2, 0.25) is 0 Å². The first-order chi connectivity index (χ1) is 9.53. The molecule has 2 N–H and O–H groups in total. The van der Waals surface area contributed by atoms with E-state index in [4.69, 9.17) is 5.11 Å². The summed E-state index contributed by atoms with van der Waals surface area (Å²) in [4.78, 5) is 0.228. The molecule has 0 aliphatic rings. The molecule has 0 radical (unpaired) electrons. The number of thioether (sulfide) groups is 1. The Morgan fingerprint density at radius 2 is 2.00 bits per heavy atom. The van der Waals surface area contributed by atoms with Crippen molar-refractivity contribution < 1.29 is 13.5 Å². The van der Waals surface area contributed by atoms with Gasteiger partial charge in [0.15, 0.2) is 0 Å². The van der Waals surface area contributed by atoms with Gasteiger partial charge in [-0.05, 0) is 36.9 Å². The Bertz CT molecular complexity index is 571. The number of nitrogens with one attached hydrogen (secondary N) is 1. The number of hydrogen-bond acceptors (Lipinski definition) is 4. The maximum absolute atomic E-state index is 12.2. The quantitative estimate of drug-likeness (QED) is 0.780. The molecule has 0 saturated carbocycles. The lowest BCUT2D eigenvalue weighted by Gasteiger charge is -2.15. The molecular formula is C14H19NO3S2. The first-order valence-electron chi connectivity index (χ1n) is 6.24. The molecule has 0 heterocycles. The summed E-state index contributed by atoms with van der Waals surface area (Å²) in [6.07, 6.45) is 2.70. The van der Waals surface area contributed by atoms with Crippen molar-refractivity contribution in [3.63, 3.8) is 0 Å². The fourth-order valence-electron chi connectivity index (χ4n) is 1.58. The Labute approximate surface area is 125 Å². The highest BCUT2D eigenvalue weighted by atomic mass is 32.2. The first kappa shape index (κ1) is 17.1. The van der Waals surface area contributed by atoms with Gasteiger partial charge in [-0.3, -0.25) is 0 Å². The number of aliphatic hydroxyl groups is 1. The average molecular weight is 313 g/mol. The van der Waals surface area contributed by atoms with E-state index in [0.717, 1.165) is 12.2 Å². The normalized spacial score (nSPS) is 12.6. The van der Waals surface area contributed by atoms with E-state index in [9.17, 15) is 8.42 Å². The summed E-state index contributed by atoms with van der Waals surface area (Å²) in [5.74, 6) is 5.99. The number of benzene rings is 1. The van der Waals surface area contributed by atoms with Crippen molar-refractivity contribution >= 4 is 21.8 Å². The van der Waals surface area contributed by atoms with Gasteiger partial charge < -0.3 is 5.11 Å². The summed E-state index contributed by atoms with van der Waals surface area (Å²) in [6.45, 7) is 1.74. The fourth-order valence-corrected chi connectivity index (χ4v) is 3.73. The molecule has 110 valence electrons. The molecule has 1 atom stereocenters. The third kappa shape index (κ3) is 5.17. The van der Waals surface area contributed by atoms with Gasteiger partial charge in [-0.2, -0.15) is 11.8 Å². The van der Waals surface area contributed by atoms with Gasteiger partial charge in [0, 0.05) is 17.4 Å². The summed E-state index contributed by atoms with van der Waals surface area (Å²) < 4.78 is 27.1. The lowest BCUT2D eigenvalue weighted by Crippen LogP contribution is -2.36. The van der Waals surface area contributed by atoms with Crippen LogP contribution >= 0.6 is 11.8 Å². The molecule has 1 aromatic carbocycles. The van der Waals surface area contributed by atoms with Gasteiger partial charge in [-0.1, -0.05) is 18.8 Å². The van der Waals surface area contributed by atoms with Gasteiger partial charge in [0.05, 0.1) is 4.90 Å². The minimum atomic E-state index is -3.49. The number of rotatable bonds is 6. The Balaban J connectivity index is 2.87. The van der Waals surface area contributed by atoms with Crippen LogP contribution in [-0.2, 0) is 10.0 Å². The predicted octanol–water partition coefficient (Wildman–Crippen LogP) is 1.45. The number of aliphatic hydroxyl groups excluding tert-OH is 1. The van der Waals surface area contributed by atoms with E-state index in [0.29, 0.717) is 5.56 Å². The molecule has 20 heavy (non-hydrogen) atoms. The van der Waals surface area contributed by atoms with Crippen molar-refractivity contribution in [2.45, 2.75) is 24.3 Å². The van der Waals surface area contributed by atoms with E-state index < -0.39 is 10.0 Å². The summed E-state index contributed by atoms with van der Waals surface area (Å²) in [6, 6.07) is 6.24. The van der Waals surface area contributed by atoms with Crippen molar-refractivity contribution in [2.24, 2.45) is 0 Å². The largest absolute Gasteiger partial charge is 0.384 e. The molecule has 0 spiro atoms. The lowest BCUT2D eigenvalue weighted by atomic mass is 10.2. The van der Waals surface area contributed by atoms with Crippen LogP contribution in [0.25, 0.3) is 0 Å². The van der Waals surface area contributed by atoms with Crippen molar-refractivity contribution in [2.75, 3.05) is 18.6 Å². The third-order valence-corrected chi connectivity index (χ3v) is 4.93. The van der Waals surface area contributed by atoms with Gasteiger partial charge in [0.1, 0.15) is 6.61 Å². The maximum atomic E-state index is 12.2. The lowest BCUT2D eigenvalue weighted by molar-refractivity contribution is 0.350. The topological polar surface area (TPSA) is 66.4 Å². The number of hydrogen-bond donors (Lipinski definition) is 2. The molecule has 0 aromatic heterocycles. The van der Waals surface area contributed by atoms with E-state index >= 15 is 0 Å². The molecule has 0 aliphatic carbocycles. The van der Waals surface area contributed by atoms with Gasteiger partial charge >= 0.3 is 0 Å². The Morgan fingerprint density at radius 1 is 1.35 bits per heavy atom. The van der Waals surface area contributed by atoms with E-state index in [-0.39, 0.29) is 17.5 Å².